The number of carbonyl (C=O) groups excluding carboxylic acids is 1. The van der Waals surface area contributed by atoms with E-state index >= 15 is 0 Å². The Morgan fingerprint density at radius 1 is 1.27 bits per heavy atom. The number of aromatic nitrogens is 2. The number of rotatable bonds is 8. The average Bonchev–Trinajstić information content (AvgIpc) is 3.26. The Labute approximate surface area is 151 Å². The molecule has 3 rings (SSSR count). The van der Waals surface area contributed by atoms with E-state index in [0.29, 0.717) is 36.5 Å². The van der Waals surface area contributed by atoms with E-state index in [1.807, 2.05) is 24.0 Å². The van der Waals surface area contributed by atoms with E-state index in [2.05, 4.69) is 10.4 Å². The highest BCUT2D eigenvalue weighted by atomic mass is 19.1. The SMILES string of the molecule is Cc1cnn(CCCNC(=O)CCc2ccc(-c3ccccc3F)o2)c1. The van der Waals surface area contributed by atoms with Gasteiger partial charge in [0.05, 0.1) is 11.8 Å². The highest BCUT2D eigenvalue weighted by Gasteiger charge is 2.10. The Morgan fingerprint density at radius 3 is 2.88 bits per heavy atom. The van der Waals surface area contributed by atoms with Crippen molar-refractivity contribution in [1.29, 1.82) is 0 Å². The first-order chi connectivity index (χ1) is 12.6. The number of halogens is 1. The highest BCUT2D eigenvalue weighted by Crippen LogP contribution is 2.25. The normalized spacial score (nSPS) is 10.8. The lowest BCUT2D eigenvalue weighted by Crippen LogP contribution is -2.25. The lowest BCUT2D eigenvalue weighted by Gasteiger charge is -2.05. The van der Waals surface area contributed by atoms with E-state index < -0.39 is 0 Å². The number of aryl methyl sites for hydroxylation is 3. The Hall–Kier alpha value is -2.89. The molecule has 1 aromatic carbocycles. The number of hydrogen-bond acceptors (Lipinski definition) is 3. The molecule has 0 atom stereocenters. The van der Waals surface area contributed by atoms with Gasteiger partial charge in [0.2, 0.25) is 5.91 Å². The van der Waals surface area contributed by atoms with Crippen LogP contribution in [0, 0.1) is 12.7 Å². The quantitative estimate of drug-likeness (QED) is 0.626. The van der Waals surface area contributed by atoms with Gasteiger partial charge in [-0.25, -0.2) is 4.39 Å². The van der Waals surface area contributed by atoms with Crippen LogP contribution in [-0.2, 0) is 17.8 Å². The number of amides is 1. The van der Waals surface area contributed by atoms with Gasteiger partial charge in [-0.15, -0.1) is 0 Å². The first-order valence-corrected chi connectivity index (χ1v) is 8.71. The second-order valence-corrected chi connectivity index (χ2v) is 6.23. The highest BCUT2D eigenvalue weighted by molar-refractivity contribution is 5.76. The molecule has 0 aliphatic carbocycles. The van der Waals surface area contributed by atoms with Gasteiger partial charge in [-0.2, -0.15) is 5.10 Å². The van der Waals surface area contributed by atoms with Crippen LogP contribution in [0.3, 0.4) is 0 Å². The Morgan fingerprint density at radius 2 is 2.12 bits per heavy atom. The van der Waals surface area contributed by atoms with Crippen molar-refractivity contribution < 1.29 is 13.6 Å². The maximum Gasteiger partial charge on any atom is 0.220 e. The van der Waals surface area contributed by atoms with Crippen LogP contribution in [0.4, 0.5) is 4.39 Å². The van der Waals surface area contributed by atoms with Crippen molar-refractivity contribution in [3.05, 3.63) is 65.9 Å². The zero-order valence-electron chi connectivity index (χ0n) is 14.7. The third-order valence-corrected chi connectivity index (χ3v) is 4.05. The third kappa shape index (κ3) is 4.81. The maximum atomic E-state index is 13.8. The van der Waals surface area contributed by atoms with Gasteiger partial charge in [-0.05, 0) is 43.2 Å². The molecule has 1 N–H and O–H groups in total. The fraction of sp³-hybridized carbons (Fsp3) is 0.300. The summed E-state index contributed by atoms with van der Waals surface area (Å²) in [5.41, 5.74) is 1.55. The molecule has 0 radical (unpaired) electrons. The van der Waals surface area contributed by atoms with Gasteiger partial charge in [0.1, 0.15) is 17.3 Å². The molecule has 0 unspecified atom stereocenters. The predicted molar refractivity (Wildman–Crippen MR) is 97.0 cm³/mol. The van der Waals surface area contributed by atoms with Crippen molar-refractivity contribution in [3.63, 3.8) is 0 Å². The molecule has 6 heteroatoms. The second kappa shape index (κ2) is 8.47. The largest absolute Gasteiger partial charge is 0.461 e. The summed E-state index contributed by atoms with van der Waals surface area (Å²) in [6.07, 6.45) is 5.44. The van der Waals surface area contributed by atoms with Crippen molar-refractivity contribution in [2.24, 2.45) is 0 Å². The first-order valence-electron chi connectivity index (χ1n) is 8.71. The molecule has 0 aliphatic heterocycles. The third-order valence-electron chi connectivity index (χ3n) is 4.05. The van der Waals surface area contributed by atoms with Gasteiger partial charge < -0.3 is 9.73 Å². The summed E-state index contributed by atoms with van der Waals surface area (Å²) in [6.45, 7) is 3.38. The molecule has 0 fully saturated rings. The maximum absolute atomic E-state index is 13.8. The fourth-order valence-corrected chi connectivity index (χ4v) is 2.70. The average molecular weight is 355 g/mol. The minimum atomic E-state index is -0.321. The van der Waals surface area contributed by atoms with Crippen LogP contribution >= 0.6 is 0 Å². The number of benzene rings is 1. The van der Waals surface area contributed by atoms with Gasteiger partial charge in [0.25, 0.3) is 0 Å². The molecular weight excluding hydrogens is 333 g/mol. The van der Waals surface area contributed by atoms with E-state index in [1.54, 1.807) is 30.3 Å². The van der Waals surface area contributed by atoms with Gasteiger partial charge in [0.15, 0.2) is 0 Å². The van der Waals surface area contributed by atoms with Crippen LogP contribution in [0.25, 0.3) is 11.3 Å². The smallest absolute Gasteiger partial charge is 0.220 e. The molecule has 1 amide bonds. The first kappa shape index (κ1) is 17.9. The van der Waals surface area contributed by atoms with Crippen molar-refractivity contribution in [2.45, 2.75) is 32.7 Å². The Bertz CT molecular complexity index is 869. The van der Waals surface area contributed by atoms with E-state index in [0.717, 1.165) is 18.5 Å². The zero-order chi connectivity index (χ0) is 18.4. The summed E-state index contributed by atoms with van der Waals surface area (Å²) in [7, 11) is 0. The van der Waals surface area contributed by atoms with Crippen LogP contribution in [0.1, 0.15) is 24.2 Å². The van der Waals surface area contributed by atoms with Crippen LogP contribution in [-0.4, -0.2) is 22.2 Å². The molecule has 136 valence electrons. The zero-order valence-corrected chi connectivity index (χ0v) is 14.7. The van der Waals surface area contributed by atoms with Crippen LogP contribution < -0.4 is 5.32 Å². The standard InChI is InChI=1S/C20H22FN3O2/c1-15-13-23-24(14-15)12-4-11-22-20(25)10-8-16-7-9-19(26-16)17-5-2-3-6-18(17)21/h2-3,5-7,9,13-14H,4,8,10-12H2,1H3,(H,22,25). The lowest BCUT2D eigenvalue weighted by molar-refractivity contribution is -0.121. The number of hydrogen-bond donors (Lipinski definition) is 1. The van der Waals surface area contributed by atoms with Crippen molar-refractivity contribution in [2.75, 3.05) is 6.54 Å². The number of nitrogens with zero attached hydrogens (tertiary/aromatic N) is 2. The second-order valence-electron chi connectivity index (χ2n) is 6.23. The van der Waals surface area contributed by atoms with Gasteiger partial charge >= 0.3 is 0 Å². The summed E-state index contributed by atoms with van der Waals surface area (Å²) in [5.74, 6) is 0.808. The molecule has 26 heavy (non-hydrogen) atoms. The van der Waals surface area contributed by atoms with Crippen molar-refractivity contribution in [3.8, 4) is 11.3 Å². The predicted octanol–water partition coefficient (Wildman–Crippen LogP) is 3.73. The summed E-state index contributed by atoms with van der Waals surface area (Å²) in [5, 5.41) is 7.10. The summed E-state index contributed by atoms with van der Waals surface area (Å²) in [4.78, 5) is 11.9. The van der Waals surface area contributed by atoms with E-state index in [4.69, 9.17) is 4.42 Å². The van der Waals surface area contributed by atoms with E-state index in [-0.39, 0.29) is 11.7 Å². The number of carbonyl (C=O) groups is 1. The van der Waals surface area contributed by atoms with Crippen molar-refractivity contribution in [1.82, 2.24) is 15.1 Å². The molecule has 5 nitrogen and oxygen atoms in total. The summed E-state index contributed by atoms with van der Waals surface area (Å²) in [6, 6.07) is 9.99. The number of furan rings is 1. The van der Waals surface area contributed by atoms with Crippen LogP contribution in [0.15, 0.2) is 53.2 Å². The monoisotopic (exact) mass is 355 g/mol. The van der Waals surface area contributed by atoms with Crippen molar-refractivity contribution >= 4 is 5.91 Å². The topological polar surface area (TPSA) is 60.1 Å². The molecule has 0 spiro atoms. The summed E-state index contributed by atoms with van der Waals surface area (Å²) < 4.78 is 21.3. The summed E-state index contributed by atoms with van der Waals surface area (Å²) >= 11 is 0. The molecule has 0 aliphatic rings. The van der Waals surface area contributed by atoms with Gasteiger partial charge in [-0.3, -0.25) is 9.48 Å². The van der Waals surface area contributed by atoms with E-state index in [9.17, 15) is 9.18 Å². The Balaban J connectivity index is 1.40. The molecule has 2 aromatic heterocycles. The Kier molecular flexibility index (Phi) is 5.84. The lowest BCUT2D eigenvalue weighted by atomic mass is 10.1. The van der Waals surface area contributed by atoms with Crippen LogP contribution in [0.5, 0.6) is 0 Å². The van der Waals surface area contributed by atoms with Gasteiger partial charge in [0, 0.05) is 32.1 Å². The minimum absolute atomic E-state index is 0.0227. The van der Waals surface area contributed by atoms with Crippen LogP contribution in [0.2, 0.25) is 0 Å². The minimum Gasteiger partial charge on any atom is -0.461 e. The van der Waals surface area contributed by atoms with Gasteiger partial charge in [-0.1, -0.05) is 12.1 Å². The molecule has 2 heterocycles. The molecule has 0 saturated heterocycles. The molecule has 3 aromatic rings. The molecule has 0 bridgehead atoms. The molecule has 0 saturated carbocycles. The molecular formula is C20H22FN3O2. The number of nitrogens with one attached hydrogen (secondary N) is 1. The fourth-order valence-electron chi connectivity index (χ4n) is 2.70. The van der Waals surface area contributed by atoms with E-state index in [1.165, 1.54) is 6.07 Å².